The molecule has 0 amide bonds. The summed E-state index contributed by atoms with van der Waals surface area (Å²) >= 11 is 0. The van der Waals surface area contributed by atoms with Crippen LogP contribution in [0.1, 0.15) is 18.5 Å². The van der Waals surface area contributed by atoms with Gasteiger partial charge in [0, 0.05) is 46.3 Å². The molecule has 1 unspecified atom stereocenters. The molecule has 0 radical (unpaired) electrons. The Morgan fingerprint density at radius 3 is 2.56 bits per heavy atom. The van der Waals surface area contributed by atoms with E-state index in [9.17, 15) is 4.39 Å². The molecule has 0 spiro atoms. The first kappa shape index (κ1) is 17.3. The van der Waals surface area contributed by atoms with Crippen LogP contribution < -0.4 is 14.7 Å². The van der Waals surface area contributed by atoms with Crippen molar-refractivity contribution >= 4 is 17.5 Å². The molecular weight excluding hydrogens is 321 g/mol. The van der Waals surface area contributed by atoms with E-state index in [4.69, 9.17) is 0 Å². The average Bonchev–Trinajstić information content (AvgIpc) is 2.63. The number of piperidine rings is 1. The highest BCUT2D eigenvalue weighted by Crippen LogP contribution is 2.26. The molecule has 1 saturated heterocycles. The van der Waals surface area contributed by atoms with Crippen molar-refractivity contribution in [1.82, 2.24) is 19.9 Å². The van der Waals surface area contributed by atoms with Crippen LogP contribution in [-0.2, 0) is 0 Å². The number of rotatable bonds is 4. The highest BCUT2D eigenvalue weighted by Gasteiger charge is 2.27. The first-order chi connectivity index (χ1) is 12.0. The molecule has 2 aromatic rings. The first-order valence-electron chi connectivity index (χ1n) is 8.41. The monoisotopic (exact) mass is 345 g/mol. The number of anilines is 3. The van der Waals surface area contributed by atoms with E-state index in [1.165, 1.54) is 6.33 Å². The quantitative estimate of drug-likeness (QED) is 0.838. The number of nitrogens with zero attached hydrogens (tertiary/aromatic N) is 7. The van der Waals surface area contributed by atoms with Crippen molar-refractivity contribution in [3.63, 3.8) is 0 Å². The predicted molar refractivity (Wildman–Crippen MR) is 96.7 cm³/mol. The Hall–Kier alpha value is -2.51. The average molecular weight is 345 g/mol. The van der Waals surface area contributed by atoms with Crippen LogP contribution in [0.3, 0.4) is 0 Å². The lowest BCUT2D eigenvalue weighted by atomic mass is 10.0. The van der Waals surface area contributed by atoms with Crippen molar-refractivity contribution in [3.05, 3.63) is 30.2 Å². The van der Waals surface area contributed by atoms with Gasteiger partial charge < -0.3 is 14.7 Å². The molecule has 2 aromatic heterocycles. The topological polar surface area (TPSA) is 61.3 Å². The molecular formula is C17H24FN7. The van der Waals surface area contributed by atoms with Gasteiger partial charge in [-0.3, -0.25) is 0 Å². The smallest absolute Gasteiger partial charge is 0.186 e. The van der Waals surface area contributed by atoms with Crippen LogP contribution >= 0.6 is 0 Å². The van der Waals surface area contributed by atoms with Crippen molar-refractivity contribution in [1.29, 1.82) is 0 Å². The Bertz CT molecular complexity index is 737. The molecule has 8 heteroatoms. The third-order valence-electron chi connectivity index (χ3n) is 4.65. The summed E-state index contributed by atoms with van der Waals surface area (Å²) < 4.78 is 14.4. The van der Waals surface area contributed by atoms with Gasteiger partial charge in [0.25, 0.3) is 0 Å². The van der Waals surface area contributed by atoms with Gasteiger partial charge in [-0.1, -0.05) is 0 Å². The number of likely N-dealkylation sites (N-methyl/N-ethyl adjacent to an activating group) is 1. The lowest BCUT2D eigenvalue weighted by molar-refractivity contribution is 0.474. The molecule has 0 bridgehead atoms. The fourth-order valence-corrected chi connectivity index (χ4v) is 3.09. The van der Waals surface area contributed by atoms with Gasteiger partial charge in [0.2, 0.25) is 0 Å². The van der Waals surface area contributed by atoms with Crippen LogP contribution in [0, 0.1) is 12.7 Å². The molecule has 0 saturated carbocycles. The van der Waals surface area contributed by atoms with Crippen molar-refractivity contribution in [2.24, 2.45) is 0 Å². The van der Waals surface area contributed by atoms with Crippen molar-refractivity contribution in [2.45, 2.75) is 25.8 Å². The zero-order valence-corrected chi connectivity index (χ0v) is 15.1. The zero-order valence-electron chi connectivity index (χ0n) is 15.1. The van der Waals surface area contributed by atoms with Crippen LogP contribution in [-0.4, -0.2) is 60.2 Å². The van der Waals surface area contributed by atoms with E-state index >= 15 is 0 Å². The van der Waals surface area contributed by atoms with Gasteiger partial charge in [0.1, 0.15) is 24.3 Å². The highest BCUT2D eigenvalue weighted by molar-refractivity contribution is 5.50. The van der Waals surface area contributed by atoms with Gasteiger partial charge in [-0.05, 0) is 19.8 Å². The maximum atomic E-state index is 14.4. The molecule has 3 rings (SSSR count). The minimum Gasteiger partial charge on any atom is -0.363 e. The minimum atomic E-state index is -0.331. The molecule has 3 heterocycles. The minimum absolute atomic E-state index is 0.230. The molecule has 0 aromatic carbocycles. The van der Waals surface area contributed by atoms with E-state index in [0.29, 0.717) is 18.1 Å². The molecule has 25 heavy (non-hydrogen) atoms. The molecule has 7 nitrogen and oxygen atoms in total. The summed E-state index contributed by atoms with van der Waals surface area (Å²) in [6.45, 7) is 3.16. The van der Waals surface area contributed by atoms with E-state index in [1.54, 1.807) is 13.3 Å². The molecule has 134 valence electrons. The van der Waals surface area contributed by atoms with E-state index in [1.807, 2.05) is 37.0 Å². The van der Waals surface area contributed by atoms with Gasteiger partial charge in [-0.2, -0.15) is 0 Å². The molecule has 0 N–H and O–H groups in total. The number of hydrogen-bond donors (Lipinski definition) is 0. The molecule has 1 aliphatic rings. The zero-order chi connectivity index (χ0) is 18.0. The Kier molecular flexibility index (Phi) is 4.96. The second-order valence-electron chi connectivity index (χ2n) is 6.58. The van der Waals surface area contributed by atoms with Crippen molar-refractivity contribution in [2.75, 3.05) is 48.9 Å². The van der Waals surface area contributed by atoms with Crippen molar-refractivity contribution < 1.29 is 4.39 Å². The van der Waals surface area contributed by atoms with Crippen LogP contribution in [0.15, 0.2) is 18.7 Å². The number of aryl methyl sites for hydroxylation is 1. The fourth-order valence-electron chi connectivity index (χ4n) is 3.09. The van der Waals surface area contributed by atoms with Crippen LogP contribution in [0.25, 0.3) is 0 Å². The Labute approximate surface area is 147 Å². The third kappa shape index (κ3) is 3.62. The normalized spacial score (nSPS) is 17.5. The summed E-state index contributed by atoms with van der Waals surface area (Å²) in [5.41, 5.74) is 0.381. The Morgan fingerprint density at radius 2 is 1.80 bits per heavy atom. The van der Waals surface area contributed by atoms with Gasteiger partial charge in [0.05, 0.1) is 5.69 Å². The highest BCUT2D eigenvalue weighted by atomic mass is 19.1. The molecule has 1 aliphatic heterocycles. The Balaban J connectivity index is 1.79. The second kappa shape index (κ2) is 7.16. The summed E-state index contributed by atoms with van der Waals surface area (Å²) in [6, 6.07) is 2.20. The summed E-state index contributed by atoms with van der Waals surface area (Å²) in [6.07, 6.45) is 5.01. The SMILES string of the molecule is Cc1ncnc(N2CCCC(N(C)c3cc(N(C)C)ncn3)C2)c1F. The summed E-state index contributed by atoms with van der Waals surface area (Å²) in [5.74, 6) is 1.79. The number of halogens is 1. The third-order valence-corrected chi connectivity index (χ3v) is 4.65. The van der Waals surface area contributed by atoms with Gasteiger partial charge >= 0.3 is 0 Å². The van der Waals surface area contributed by atoms with Crippen LogP contribution in [0.2, 0.25) is 0 Å². The summed E-state index contributed by atoms with van der Waals surface area (Å²) in [5, 5.41) is 0. The summed E-state index contributed by atoms with van der Waals surface area (Å²) in [4.78, 5) is 22.8. The first-order valence-corrected chi connectivity index (χ1v) is 8.41. The predicted octanol–water partition coefficient (Wildman–Crippen LogP) is 1.89. The van der Waals surface area contributed by atoms with Crippen LogP contribution in [0.4, 0.5) is 21.8 Å². The molecule has 1 atom stereocenters. The second-order valence-corrected chi connectivity index (χ2v) is 6.58. The van der Waals surface area contributed by atoms with Crippen LogP contribution in [0.5, 0.6) is 0 Å². The standard InChI is InChI=1S/C17H24FN7/c1-12-16(18)17(22-10-19-12)25-7-5-6-13(9-25)24(4)15-8-14(23(2)3)20-11-21-15/h8,10-11,13H,5-7,9H2,1-4H3. The maximum absolute atomic E-state index is 14.4. The van der Waals surface area contributed by atoms with E-state index < -0.39 is 0 Å². The Morgan fingerprint density at radius 1 is 1.08 bits per heavy atom. The van der Waals surface area contributed by atoms with Gasteiger partial charge in [0.15, 0.2) is 11.6 Å². The largest absolute Gasteiger partial charge is 0.363 e. The van der Waals surface area contributed by atoms with E-state index in [-0.39, 0.29) is 11.9 Å². The number of hydrogen-bond acceptors (Lipinski definition) is 7. The molecule has 0 aliphatic carbocycles. The summed E-state index contributed by atoms with van der Waals surface area (Å²) in [7, 11) is 5.93. The molecule has 1 fully saturated rings. The van der Waals surface area contributed by atoms with E-state index in [2.05, 4.69) is 24.8 Å². The van der Waals surface area contributed by atoms with Gasteiger partial charge in [-0.15, -0.1) is 0 Å². The van der Waals surface area contributed by atoms with Crippen molar-refractivity contribution in [3.8, 4) is 0 Å². The lowest BCUT2D eigenvalue weighted by Crippen LogP contribution is -2.47. The number of aromatic nitrogens is 4. The lowest BCUT2D eigenvalue weighted by Gasteiger charge is -2.38. The maximum Gasteiger partial charge on any atom is 0.186 e. The van der Waals surface area contributed by atoms with Gasteiger partial charge in [-0.25, -0.2) is 24.3 Å². The fraction of sp³-hybridized carbons (Fsp3) is 0.529. The van der Waals surface area contributed by atoms with E-state index in [0.717, 1.165) is 31.0 Å².